The average Bonchev–Trinajstić information content (AvgIpc) is 3.30. The van der Waals surface area contributed by atoms with Gasteiger partial charge < -0.3 is 15.1 Å². The summed E-state index contributed by atoms with van der Waals surface area (Å²) in [7, 11) is -6.41. The monoisotopic (exact) mass is 994 g/mol. The molecule has 0 aromatic heterocycles. The van der Waals surface area contributed by atoms with E-state index in [4.69, 9.17) is 0 Å². The number of rotatable bonds is 13. The number of benzene rings is 7. The maximum atomic E-state index is 14.4. The Morgan fingerprint density at radius 1 is 0.529 bits per heavy atom. The van der Waals surface area contributed by atoms with Gasteiger partial charge >= 0.3 is 0 Å². The van der Waals surface area contributed by atoms with E-state index in [1.807, 2.05) is 24.3 Å². The summed E-state index contributed by atoms with van der Waals surface area (Å²) >= 11 is 0. The molecule has 70 heavy (non-hydrogen) atoms. The third-order valence-electron chi connectivity index (χ3n) is 13.6. The minimum atomic E-state index is -5.73. The Balaban J connectivity index is 1.09. The Morgan fingerprint density at radius 3 is 1.39 bits per heavy atom. The molecule has 366 valence electrons. The zero-order chi connectivity index (χ0) is 50.6. The molecule has 8 nitrogen and oxygen atoms in total. The van der Waals surface area contributed by atoms with Gasteiger partial charge in [0.15, 0.2) is 28.2 Å². The molecule has 0 aliphatic heterocycles. The zero-order valence-corrected chi connectivity index (χ0v) is 41.8. The molecule has 0 bridgehead atoms. The highest BCUT2D eigenvalue weighted by Gasteiger charge is 2.39. The first-order valence-electron chi connectivity index (χ1n) is 23.0. The molecule has 0 saturated heterocycles. The van der Waals surface area contributed by atoms with Gasteiger partial charge in [-0.3, -0.25) is 0 Å². The van der Waals surface area contributed by atoms with Crippen molar-refractivity contribution in [1.82, 2.24) is 4.13 Å². The molecule has 7 aromatic rings. The predicted molar refractivity (Wildman–Crippen MR) is 270 cm³/mol. The number of nitrogens with zero attached hydrogens (tertiary/aromatic N) is 2. The third kappa shape index (κ3) is 9.63. The summed E-state index contributed by atoms with van der Waals surface area (Å²) in [6.45, 7) is 12.7. The molecule has 1 fully saturated rings. The van der Waals surface area contributed by atoms with Crippen LogP contribution >= 0.6 is 0 Å². The number of sulfonamides is 2. The van der Waals surface area contributed by atoms with Crippen molar-refractivity contribution in [1.29, 1.82) is 0 Å². The van der Waals surface area contributed by atoms with Crippen molar-refractivity contribution < 1.29 is 38.8 Å². The second kappa shape index (κ2) is 19.5. The zero-order valence-electron chi connectivity index (χ0n) is 40.2. The normalized spacial score (nSPS) is 15.4. The first kappa shape index (κ1) is 50.1. The summed E-state index contributed by atoms with van der Waals surface area (Å²) in [5.41, 5.74) is 15.7. The molecule has 0 unspecified atom stereocenters. The van der Waals surface area contributed by atoms with Crippen molar-refractivity contribution in [3.05, 3.63) is 188 Å². The van der Waals surface area contributed by atoms with E-state index in [0.29, 0.717) is 0 Å². The molecule has 15 heteroatoms. The first-order valence-corrected chi connectivity index (χ1v) is 26.0. The predicted octanol–water partition coefficient (Wildman–Crippen LogP) is 13.1. The average molecular weight is 995 g/mol. The molecule has 0 amide bonds. The van der Waals surface area contributed by atoms with Crippen molar-refractivity contribution in [2.45, 2.75) is 89.3 Å². The second-order valence-corrected chi connectivity index (χ2v) is 22.5. The third-order valence-corrected chi connectivity index (χ3v) is 17.6. The van der Waals surface area contributed by atoms with Crippen LogP contribution < -0.4 is 19.2 Å². The van der Waals surface area contributed by atoms with Crippen molar-refractivity contribution in [3.8, 4) is 0 Å². The standard InChI is InChI=1S/C55H55F5N4O4S2/c1-31-27-33(3)53(34(4)28-31)63(7)40-19-13-37(14-20-40)47(38-15-21-41(22-16-38)64(8)54-35(5)29-32(2)30-36(54)6)45-25-26-46(44-12-10-9-11-43(44)45)61-39-17-23-42(24-18-39)69(65,66)62-70(67,68)55-51(59)49(57)48(56)50(58)52(55)60/h9-16,19-22,25-30,39,42,47,61-62H,17-18,23-24H2,1-8H3. The fourth-order valence-electron chi connectivity index (χ4n) is 10.5. The van der Waals surface area contributed by atoms with Crippen molar-refractivity contribution in [2.24, 2.45) is 0 Å². The largest absolute Gasteiger partial charge is 0.382 e. The fraction of sp³-hybridized carbons (Fsp3) is 0.273. The molecule has 1 saturated carbocycles. The number of aryl methyl sites for hydroxylation is 6. The molecular formula is C55H55F5N4O4S2. The van der Waals surface area contributed by atoms with E-state index in [2.05, 4.69) is 156 Å². The molecule has 1 aliphatic rings. The van der Waals surface area contributed by atoms with Gasteiger partial charge in [-0.1, -0.05) is 90.0 Å². The molecule has 0 heterocycles. The van der Waals surface area contributed by atoms with Crippen molar-refractivity contribution >= 4 is 59.3 Å². The van der Waals surface area contributed by atoms with Crippen LogP contribution in [0.4, 0.5) is 50.4 Å². The number of hydrogen-bond donors (Lipinski definition) is 2. The summed E-state index contributed by atoms with van der Waals surface area (Å²) in [5.74, 6) is -13.1. The molecule has 0 spiro atoms. The Morgan fingerprint density at radius 2 is 0.943 bits per heavy atom. The van der Waals surface area contributed by atoms with Crippen molar-refractivity contribution in [3.63, 3.8) is 0 Å². The summed E-state index contributed by atoms with van der Waals surface area (Å²) < 4.78 is 124. The molecule has 8 rings (SSSR count). The van der Waals surface area contributed by atoms with Gasteiger partial charge in [0.2, 0.25) is 15.8 Å². The molecule has 0 radical (unpaired) electrons. The Hall–Kier alpha value is -6.29. The van der Waals surface area contributed by atoms with Crippen LogP contribution in [0.1, 0.15) is 81.7 Å². The van der Waals surface area contributed by atoms with Crippen LogP contribution in [0, 0.1) is 70.6 Å². The summed E-state index contributed by atoms with van der Waals surface area (Å²) in [5, 5.41) is 4.18. The lowest BCUT2D eigenvalue weighted by atomic mass is 9.82. The van der Waals surface area contributed by atoms with Gasteiger partial charge in [-0.25, -0.2) is 38.8 Å². The van der Waals surface area contributed by atoms with Crippen LogP contribution in [0.15, 0.2) is 114 Å². The van der Waals surface area contributed by atoms with Crippen LogP contribution in [-0.4, -0.2) is 42.2 Å². The minimum absolute atomic E-state index is 0.0554. The number of fused-ring (bicyclic) bond motifs is 1. The highest BCUT2D eigenvalue weighted by Crippen LogP contribution is 2.42. The lowest BCUT2D eigenvalue weighted by Crippen LogP contribution is -2.42. The number of anilines is 5. The molecular weight excluding hydrogens is 940 g/mol. The summed E-state index contributed by atoms with van der Waals surface area (Å²) in [4.78, 5) is 2.18. The molecule has 0 atom stereocenters. The maximum Gasteiger partial charge on any atom is 0.259 e. The maximum absolute atomic E-state index is 14.4. The lowest BCUT2D eigenvalue weighted by Gasteiger charge is -2.30. The van der Waals surface area contributed by atoms with Gasteiger partial charge in [-0.05, 0) is 142 Å². The number of hydrogen-bond acceptors (Lipinski definition) is 7. The van der Waals surface area contributed by atoms with E-state index < -0.39 is 59.3 Å². The number of halogens is 5. The van der Waals surface area contributed by atoms with Gasteiger partial charge in [0.1, 0.15) is 0 Å². The fourth-order valence-corrected chi connectivity index (χ4v) is 14.2. The van der Waals surface area contributed by atoms with E-state index in [0.717, 1.165) is 55.9 Å². The number of nitrogens with one attached hydrogen (secondary N) is 2. The van der Waals surface area contributed by atoms with Crippen molar-refractivity contribution in [2.75, 3.05) is 29.2 Å². The lowest BCUT2D eigenvalue weighted by molar-refractivity contribution is 0.357. The van der Waals surface area contributed by atoms with Crippen LogP contribution in [0.5, 0.6) is 0 Å². The minimum Gasteiger partial charge on any atom is -0.382 e. The second-order valence-electron chi connectivity index (χ2n) is 18.6. The highest BCUT2D eigenvalue weighted by molar-refractivity contribution is 8.05. The highest BCUT2D eigenvalue weighted by atomic mass is 32.3. The SMILES string of the molecule is Cc1cc(C)c(N(C)c2ccc(C(c3ccc(N(C)c4c(C)cc(C)cc4C)cc3)c3ccc(NC4CCC(S(=O)(=O)NS(=O)(=O)c5c(F)c(F)c(F)c(F)c5F)CC4)c4ccccc34)cc2)c(C)c1. The van der Waals surface area contributed by atoms with E-state index in [9.17, 15) is 38.8 Å². The van der Waals surface area contributed by atoms with Gasteiger partial charge in [0.25, 0.3) is 10.0 Å². The summed E-state index contributed by atoms with van der Waals surface area (Å²) in [6, 6.07) is 38.1. The Bertz CT molecular complexity index is 3200. The van der Waals surface area contributed by atoms with Crippen LogP contribution in [0.25, 0.3) is 10.8 Å². The van der Waals surface area contributed by atoms with E-state index >= 15 is 0 Å². The Kier molecular flexibility index (Phi) is 13.9. The van der Waals surface area contributed by atoms with E-state index in [-0.39, 0.29) is 37.6 Å². The molecule has 1 aliphatic carbocycles. The summed E-state index contributed by atoms with van der Waals surface area (Å²) in [6.07, 6.45) is 0.413. The van der Waals surface area contributed by atoms with Crippen LogP contribution in [-0.2, 0) is 20.0 Å². The van der Waals surface area contributed by atoms with Gasteiger partial charge in [0.05, 0.1) is 5.25 Å². The molecule has 2 N–H and O–H groups in total. The van der Waals surface area contributed by atoms with Gasteiger partial charge in [-0.2, -0.15) is 0 Å². The smallest absolute Gasteiger partial charge is 0.259 e. The quantitative estimate of drug-likeness (QED) is 0.0514. The van der Waals surface area contributed by atoms with Gasteiger partial charge in [-0.15, -0.1) is 4.13 Å². The Labute approximate surface area is 407 Å². The van der Waals surface area contributed by atoms with Crippen LogP contribution in [0.2, 0.25) is 0 Å². The first-order chi connectivity index (χ1) is 33.1. The topological polar surface area (TPSA) is 98.8 Å². The van der Waals surface area contributed by atoms with Gasteiger partial charge in [0, 0.05) is 59.9 Å². The van der Waals surface area contributed by atoms with E-state index in [1.165, 1.54) is 37.5 Å². The van der Waals surface area contributed by atoms with Crippen LogP contribution in [0.3, 0.4) is 0 Å². The van der Waals surface area contributed by atoms with E-state index in [1.54, 1.807) is 0 Å². The molecule has 7 aromatic carbocycles.